The van der Waals surface area contributed by atoms with Crippen molar-refractivity contribution in [1.82, 2.24) is 0 Å². The van der Waals surface area contributed by atoms with Gasteiger partial charge in [0.2, 0.25) is 0 Å². The van der Waals surface area contributed by atoms with Crippen LogP contribution in [0.25, 0.3) is 11.1 Å². The van der Waals surface area contributed by atoms with E-state index < -0.39 is 0 Å². The Morgan fingerprint density at radius 1 is 0.396 bits per heavy atom. The first-order valence-electron chi connectivity index (χ1n) is 18.7. The second kappa shape index (κ2) is 12.4. The van der Waals surface area contributed by atoms with Gasteiger partial charge in [-0.2, -0.15) is 0 Å². The second-order valence-corrected chi connectivity index (χ2v) is 14.7. The number of nitrogens with zero attached hydrogens (tertiary/aromatic N) is 2. The minimum absolute atomic E-state index is 0.226. The van der Waals surface area contributed by atoms with Gasteiger partial charge in [-0.05, 0) is 131 Å². The van der Waals surface area contributed by atoms with Gasteiger partial charge in [0.15, 0.2) is 0 Å². The molecule has 3 aliphatic rings. The highest BCUT2D eigenvalue weighted by Gasteiger charge is 2.57. The molecule has 0 heterocycles. The third kappa shape index (κ3) is 4.86. The Morgan fingerprint density at radius 3 is 1.42 bits per heavy atom. The predicted molar refractivity (Wildman–Crippen MR) is 222 cm³/mol. The van der Waals surface area contributed by atoms with Crippen molar-refractivity contribution in [2.45, 2.75) is 25.2 Å². The number of hydrogen-bond acceptors (Lipinski definition) is 2. The zero-order valence-corrected chi connectivity index (χ0v) is 30.0. The van der Waals surface area contributed by atoms with Crippen molar-refractivity contribution in [3.63, 3.8) is 0 Å². The number of hydrogen-bond donors (Lipinski definition) is 0. The largest absolute Gasteiger partial charge is 0.310 e. The normalized spacial score (nSPS) is 16.9. The quantitative estimate of drug-likeness (QED) is 0.172. The Morgan fingerprint density at radius 2 is 0.868 bits per heavy atom. The van der Waals surface area contributed by atoms with Crippen molar-refractivity contribution < 1.29 is 0 Å². The molecule has 0 fully saturated rings. The first-order valence-corrected chi connectivity index (χ1v) is 18.7. The van der Waals surface area contributed by atoms with Gasteiger partial charge in [0, 0.05) is 46.0 Å². The number of aryl methyl sites for hydroxylation is 2. The Labute approximate surface area is 312 Å². The van der Waals surface area contributed by atoms with Gasteiger partial charge in [-0.25, -0.2) is 0 Å². The molecule has 0 N–H and O–H groups in total. The SMILES string of the molecule is Cc1cccc(N(c2ccccc2)c2ccc3c(c2)C2(c4cc(N(c5ccccc5)c5cccc(C)c5)ccc4-3)c3ccccc3C3C=CC=CC32)c1. The summed E-state index contributed by atoms with van der Waals surface area (Å²) in [6.45, 7) is 4.35. The summed E-state index contributed by atoms with van der Waals surface area (Å²) in [5.74, 6) is 0.509. The molecule has 254 valence electrons. The minimum atomic E-state index is -0.386. The van der Waals surface area contributed by atoms with Crippen molar-refractivity contribution in [1.29, 1.82) is 0 Å². The Kier molecular flexibility index (Phi) is 7.33. The van der Waals surface area contributed by atoms with Crippen LogP contribution in [0.3, 0.4) is 0 Å². The van der Waals surface area contributed by atoms with Gasteiger partial charge in [-0.1, -0.05) is 121 Å². The Hall–Kier alpha value is -6.38. The maximum atomic E-state index is 2.51. The van der Waals surface area contributed by atoms with Crippen LogP contribution in [-0.4, -0.2) is 0 Å². The van der Waals surface area contributed by atoms with Crippen LogP contribution in [0.2, 0.25) is 0 Å². The molecule has 0 bridgehead atoms. The van der Waals surface area contributed by atoms with Gasteiger partial charge in [0.25, 0.3) is 0 Å². The molecule has 53 heavy (non-hydrogen) atoms. The first-order chi connectivity index (χ1) is 26.1. The molecule has 7 aromatic rings. The molecule has 10 rings (SSSR count). The molecule has 2 unspecified atom stereocenters. The topological polar surface area (TPSA) is 6.48 Å². The molecule has 0 aromatic heterocycles. The molecule has 2 nitrogen and oxygen atoms in total. The van der Waals surface area contributed by atoms with Crippen LogP contribution in [0, 0.1) is 19.8 Å². The number of para-hydroxylation sites is 2. The number of fused-ring (bicyclic) bond motifs is 10. The number of anilines is 6. The number of allylic oxidation sites excluding steroid dienone is 4. The van der Waals surface area contributed by atoms with E-state index in [2.05, 4.69) is 218 Å². The summed E-state index contributed by atoms with van der Waals surface area (Å²) < 4.78 is 0. The van der Waals surface area contributed by atoms with E-state index >= 15 is 0 Å². The van der Waals surface area contributed by atoms with E-state index in [4.69, 9.17) is 0 Å². The van der Waals surface area contributed by atoms with E-state index in [1.165, 1.54) is 44.5 Å². The fourth-order valence-corrected chi connectivity index (χ4v) is 9.49. The standard InChI is InChI=1S/C51H40N2/c1-35-15-13-21-39(31-35)52(37-17-5-3-6-18-37)41-27-29-45-46-30-28-42(53(38-19-7-4-8-20-38)40-22-14-16-36(2)32-40)34-50(46)51(49(45)33-41)47-25-11-9-23-43(47)44-24-10-12-26-48(44)51/h3-34,43,47H,1-2H3. The van der Waals surface area contributed by atoms with Crippen molar-refractivity contribution in [2.75, 3.05) is 9.80 Å². The van der Waals surface area contributed by atoms with Crippen molar-refractivity contribution in [2.24, 2.45) is 5.92 Å². The summed E-state index contributed by atoms with van der Waals surface area (Å²) in [5.41, 5.74) is 17.2. The number of benzene rings is 7. The van der Waals surface area contributed by atoms with Crippen molar-refractivity contribution >= 4 is 34.1 Å². The fourth-order valence-electron chi connectivity index (χ4n) is 9.49. The molecule has 7 aromatic carbocycles. The lowest BCUT2D eigenvalue weighted by Gasteiger charge is -2.37. The molecule has 2 heteroatoms. The Bertz CT molecular complexity index is 2420. The highest BCUT2D eigenvalue weighted by atomic mass is 15.1. The molecule has 3 aliphatic carbocycles. The highest BCUT2D eigenvalue weighted by Crippen LogP contribution is 2.66. The van der Waals surface area contributed by atoms with E-state index in [9.17, 15) is 0 Å². The van der Waals surface area contributed by atoms with Crippen LogP contribution in [-0.2, 0) is 5.41 Å². The highest BCUT2D eigenvalue weighted by molar-refractivity contribution is 5.91. The monoisotopic (exact) mass is 680 g/mol. The summed E-state index contributed by atoms with van der Waals surface area (Å²) in [7, 11) is 0. The summed E-state index contributed by atoms with van der Waals surface area (Å²) >= 11 is 0. The molecule has 0 saturated carbocycles. The van der Waals surface area contributed by atoms with Crippen LogP contribution >= 0.6 is 0 Å². The van der Waals surface area contributed by atoms with E-state index in [0.717, 1.165) is 34.1 Å². The zero-order valence-electron chi connectivity index (χ0n) is 30.0. The zero-order chi connectivity index (χ0) is 35.5. The first kappa shape index (κ1) is 31.4. The Balaban J connectivity index is 1.25. The van der Waals surface area contributed by atoms with Crippen molar-refractivity contribution in [3.05, 3.63) is 228 Å². The lowest BCUT2D eigenvalue weighted by atomic mass is 9.65. The lowest BCUT2D eigenvalue weighted by molar-refractivity contribution is 0.465. The maximum absolute atomic E-state index is 2.51. The second-order valence-electron chi connectivity index (χ2n) is 14.7. The van der Waals surface area contributed by atoms with Crippen molar-refractivity contribution in [3.8, 4) is 11.1 Å². The molecule has 0 aliphatic heterocycles. The molecule has 0 amide bonds. The lowest BCUT2D eigenvalue weighted by Crippen LogP contribution is -2.33. The molecule has 0 radical (unpaired) electrons. The van der Waals surface area contributed by atoms with Gasteiger partial charge in [-0.15, -0.1) is 0 Å². The average molecular weight is 681 g/mol. The number of rotatable bonds is 6. The third-order valence-electron chi connectivity index (χ3n) is 11.6. The molecule has 0 saturated heterocycles. The van der Waals surface area contributed by atoms with Gasteiger partial charge in [-0.3, -0.25) is 0 Å². The maximum Gasteiger partial charge on any atom is 0.0539 e. The predicted octanol–water partition coefficient (Wildman–Crippen LogP) is 13.4. The van der Waals surface area contributed by atoms with E-state index in [1.807, 2.05) is 0 Å². The van der Waals surface area contributed by atoms with Crippen LogP contribution < -0.4 is 9.80 Å². The van der Waals surface area contributed by atoms with Crippen LogP contribution in [0.1, 0.15) is 39.3 Å². The van der Waals surface area contributed by atoms with E-state index in [0.29, 0.717) is 0 Å². The third-order valence-corrected chi connectivity index (χ3v) is 11.6. The van der Waals surface area contributed by atoms with Gasteiger partial charge in [0.05, 0.1) is 5.41 Å². The fraction of sp³-hybridized carbons (Fsp3) is 0.0980. The van der Waals surface area contributed by atoms with E-state index in [-0.39, 0.29) is 17.3 Å². The van der Waals surface area contributed by atoms with Crippen LogP contribution in [0.15, 0.2) is 194 Å². The molecular formula is C51H40N2. The van der Waals surface area contributed by atoms with Crippen LogP contribution in [0.5, 0.6) is 0 Å². The van der Waals surface area contributed by atoms with E-state index in [1.54, 1.807) is 0 Å². The smallest absolute Gasteiger partial charge is 0.0539 e. The summed E-state index contributed by atoms with van der Waals surface area (Å²) in [5, 5.41) is 0. The van der Waals surface area contributed by atoms with Gasteiger partial charge < -0.3 is 9.80 Å². The average Bonchev–Trinajstić information content (AvgIpc) is 3.66. The molecular weight excluding hydrogens is 641 g/mol. The summed E-state index contributed by atoms with van der Waals surface area (Å²) in [6.07, 6.45) is 9.42. The van der Waals surface area contributed by atoms with Crippen LogP contribution in [0.4, 0.5) is 34.1 Å². The minimum Gasteiger partial charge on any atom is -0.310 e. The van der Waals surface area contributed by atoms with Gasteiger partial charge >= 0.3 is 0 Å². The summed E-state index contributed by atoms with van der Waals surface area (Å²) in [4.78, 5) is 4.83. The molecule has 1 spiro atoms. The van der Waals surface area contributed by atoms with Gasteiger partial charge in [0.1, 0.15) is 0 Å². The summed E-state index contributed by atoms with van der Waals surface area (Å²) in [6, 6.07) is 62.9. The molecule has 2 atom stereocenters.